The highest BCUT2D eigenvalue weighted by Crippen LogP contribution is 2.54. The SMILES string of the molecule is C=C(NCc1ccccc1)Nc1cc(N(C)C)c2c(c1O)C(=O)C1=C(O)[C@]3(O)C(=O)C(C(N)=O)=C(O)C(N(C)C)[C@@H]3C[C@@H]1C2. The Morgan fingerprint density at radius 3 is 2.36 bits per heavy atom. The molecular formula is C32H37N5O7. The Labute approximate surface area is 254 Å². The van der Waals surface area contributed by atoms with Gasteiger partial charge in [0.2, 0.25) is 5.78 Å². The van der Waals surface area contributed by atoms with Crippen LogP contribution in [0.1, 0.15) is 27.9 Å². The summed E-state index contributed by atoms with van der Waals surface area (Å²) in [5.41, 5.74) is 3.91. The van der Waals surface area contributed by atoms with Crippen LogP contribution >= 0.6 is 0 Å². The van der Waals surface area contributed by atoms with E-state index >= 15 is 0 Å². The Morgan fingerprint density at radius 2 is 1.77 bits per heavy atom. The minimum Gasteiger partial charge on any atom is -0.510 e. The number of aliphatic hydroxyl groups excluding tert-OH is 2. The zero-order valence-corrected chi connectivity index (χ0v) is 25.0. The molecule has 0 heterocycles. The summed E-state index contributed by atoms with van der Waals surface area (Å²) in [7, 11) is 6.77. The molecule has 0 saturated heterocycles. The Balaban J connectivity index is 1.59. The summed E-state index contributed by atoms with van der Waals surface area (Å²) in [5.74, 6) is -6.60. The molecule has 8 N–H and O–H groups in total. The van der Waals surface area contributed by atoms with Gasteiger partial charge in [-0.25, -0.2) is 0 Å². The fourth-order valence-electron chi connectivity index (χ4n) is 6.80. The number of anilines is 2. The normalized spacial score (nSPS) is 24.5. The van der Waals surface area contributed by atoms with Gasteiger partial charge < -0.3 is 41.7 Å². The smallest absolute Gasteiger partial charge is 0.255 e. The number of nitrogens with zero attached hydrogens (tertiary/aromatic N) is 2. The molecule has 0 saturated carbocycles. The van der Waals surface area contributed by atoms with Gasteiger partial charge in [-0.15, -0.1) is 0 Å². The summed E-state index contributed by atoms with van der Waals surface area (Å²) < 4.78 is 0. The average molecular weight is 604 g/mol. The van der Waals surface area contributed by atoms with Crippen molar-refractivity contribution >= 4 is 28.8 Å². The van der Waals surface area contributed by atoms with E-state index in [9.17, 15) is 34.8 Å². The number of phenolic OH excluding ortho intramolecular Hbond substituents is 1. The number of rotatable bonds is 8. The molecule has 1 amide bonds. The number of fused-ring (bicyclic) bond motifs is 3. The standard InChI is InChI=1S/C32H37N5O7/c1-15(34-14-16-9-7-6-8-10-16)35-20-13-21(36(2)3)18-11-17-12-19-25(37(4)5)28(40)24(31(33)43)30(42)32(19,44)29(41)22(17)27(39)23(18)26(20)38/h6-10,13,17,19,25,34-35,38,40-41,44H,1,11-12,14H2,2-5H3,(H2,33,43)/t17-,19-,25?,32-/m0/s1. The number of primary amides is 1. The molecule has 3 aliphatic rings. The van der Waals surface area contributed by atoms with Gasteiger partial charge in [0.05, 0.1) is 23.1 Å². The number of hydrogen-bond donors (Lipinski definition) is 7. The second-order valence-corrected chi connectivity index (χ2v) is 11.9. The number of carbonyl (C=O) groups excluding carboxylic acids is 3. The number of Topliss-reactive ketones (excluding diaryl/α,β-unsaturated/α-hetero) is 2. The number of aliphatic hydroxyl groups is 3. The number of carbonyl (C=O) groups is 3. The first kappa shape index (κ1) is 30.6. The minimum atomic E-state index is -2.70. The van der Waals surface area contributed by atoms with Gasteiger partial charge in [0.25, 0.3) is 5.91 Å². The molecule has 2 aromatic carbocycles. The number of hydrogen-bond acceptors (Lipinski definition) is 11. The van der Waals surface area contributed by atoms with Gasteiger partial charge in [-0.05, 0) is 50.0 Å². The van der Waals surface area contributed by atoms with E-state index in [4.69, 9.17) is 5.73 Å². The summed E-state index contributed by atoms with van der Waals surface area (Å²) in [6.45, 7) is 4.44. The van der Waals surface area contributed by atoms with Crippen LogP contribution in [0, 0.1) is 11.8 Å². The second kappa shape index (κ2) is 11.0. The highest BCUT2D eigenvalue weighted by molar-refractivity contribution is 6.25. The fraction of sp³-hybridized carbons (Fsp3) is 0.344. The molecule has 5 rings (SSSR count). The first-order valence-electron chi connectivity index (χ1n) is 14.1. The number of ketones is 2. The first-order valence-corrected chi connectivity index (χ1v) is 14.1. The lowest BCUT2D eigenvalue weighted by Crippen LogP contribution is -2.63. The summed E-state index contributed by atoms with van der Waals surface area (Å²) >= 11 is 0. The third-order valence-electron chi connectivity index (χ3n) is 8.82. The Kier molecular flexibility index (Phi) is 7.68. The maximum absolute atomic E-state index is 14.2. The van der Waals surface area contributed by atoms with Gasteiger partial charge in [0.1, 0.15) is 17.1 Å². The van der Waals surface area contributed by atoms with E-state index < -0.39 is 58.0 Å². The van der Waals surface area contributed by atoms with Crippen LogP contribution in [-0.2, 0) is 22.6 Å². The van der Waals surface area contributed by atoms with Gasteiger partial charge in [0, 0.05) is 37.8 Å². The van der Waals surface area contributed by atoms with Crippen molar-refractivity contribution in [3.8, 4) is 5.75 Å². The maximum Gasteiger partial charge on any atom is 0.255 e. The van der Waals surface area contributed by atoms with E-state index in [1.54, 1.807) is 39.2 Å². The molecular weight excluding hydrogens is 566 g/mol. The Bertz CT molecular complexity index is 1650. The summed E-state index contributed by atoms with van der Waals surface area (Å²) in [6.07, 6.45) is 0.197. The van der Waals surface area contributed by atoms with Crippen LogP contribution in [0.2, 0.25) is 0 Å². The number of phenols is 1. The summed E-state index contributed by atoms with van der Waals surface area (Å²) in [5, 5.41) is 51.9. The van der Waals surface area contributed by atoms with E-state index in [0.717, 1.165) is 5.56 Å². The number of nitrogens with two attached hydrogens (primary N) is 1. The first-order chi connectivity index (χ1) is 20.7. The van der Waals surface area contributed by atoms with E-state index in [1.807, 2.05) is 30.3 Å². The van der Waals surface area contributed by atoms with E-state index in [-0.39, 0.29) is 35.4 Å². The van der Waals surface area contributed by atoms with E-state index in [0.29, 0.717) is 23.6 Å². The average Bonchev–Trinajstić information content (AvgIpc) is 2.95. The van der Waals surface area contributed by atoms with Crippen molar-refractivity contribution in [1.82, 2.24) is 10.2 Å². The lowest BCUT2D eigenvalue weighted by Gasteiger charge is -2.50. The zero-order valence-electron chi connectivity index (χ0n) is 25.0. The minimum absolute atomic E-state index is 0.0135. The number of allylic oxidation sites excluding steroid dienone is 1. The lowest BCUT2D eigenvalue weighted by atomic mass is 9.58. The lowest BCUT2D eigenvalue weighted by molar-refractivity contribution is -0.148. The van der Waals surface area contributed by atoms with E-state index in [1.165, 1.54) is 4.90 Å². The van der Waals surface area contributed by atoms with Crippen molar-refractivity contribution in [2.45, 2.75) is 31.0 Å². The number of amides is 1. The number of benzene rings is 2. The molecule has 44 heavy (non-hydrogen) atoms. The molecule has 1 unspecified atom stereocenters. The van der Waals surface area contributed by atoms with Gasteiger partial charge in [0.15, 0.2) is 17.1 Å². The van der Waals surface area contributed by atoms with Crippen LogP contribution in [0.25, 0.3) is 0 Å². The number of likely N-dealkylation sites (N-methyl/N-ethyl adjacent to an activating group) is 1. The molecule has 12 heteroatoms. The second-order valence-electron chi connectivity index (χ2n) is 11.9. The predicted octanol–water partition coefficient (Wildman–Crippen LogP) is 1.86. The monoisotopic (exact) mass is 603 g/mol. The van der Waals surface area contributed by atoms with Crippen molar-refractivity contribution in [3.63, 3.8) is 0 Å². The molecule has 0 radical (unpaired) electrons. The summed E-state index contributed by atoms with van der Waals surface area (Å²) in [4.78, 5) is 43.2. The van der Waals surface area contributed by atoms with Gasteiger partial charge in [-0.2, -0.15) is 0 Å². The van der Waals surface area contributed by atoms with Crippen LogP contribution in [0.5, 0.6) is 5.75 Å². The quantitative estimate of drug-likeness (QED) is 0.172. The topological polar surface area (TPSA) is 189 Å². The molecule has 4 atom stereocenters. The van der Waals surface area contributed by atoms with Gasteiger partial charge in [-0.1, -0.05) is 36.9 Å². The third kappa shape index (κ3) is 4.66. The van der Waals surface area contributed by atoms with Crippen molar-refractivity contribution in [2.24, 2.45) is 17.6 Å². The van der Waals surface area contributed by atoms with Crippen molar-refractivity contribution in [2.75, 3.05) is 38.4 Å². The molecule has 3 aliphatic carbocycles. The van der Waals surface area contributed by atoms with Crippen molar-refractivity contribution in [3.05, 3.63) is 88.2 Å². The molecule has 0 spiro atoms. The fourth-order valence-corrected chi connectivity index (χ4v) is 6.80. The van der Waals surface area contributed by atoms with Crippen LogP contribution in [0.4, 0.5) is 11.4 Å². The predicted molar refractivity (Wildman–Crippen MR) is 164 cm³/mol. The molecule has 0 aromatic heterocycles. The summed E-state index contributed by atoms with van der Waals surface area (Å²) in [6, 6.07) is 10.3. The van der Waals surface area contributed by atoms with Gasteiger partial charge >= 0.3 is 0 Å². The van der Waals surface area contributed by atoms with Crippen LogP contribution < -0.4 is 21.3 Å². The Morgan fingerprint density at radius 1 is 1.11 bits per heavy atom. The number of aromatic hydroxyl groups is 1. The molecule has 0 fully saturated rings. The highest BCUT2D eigenvalue weighted by atomic mass is 16.3. The highest BCUT2D eigenvalue weighted by Gasteiger charge is 2.63. The Hall–Kier alpha value is -4.81. The number of nitrogens with one attached hydrogen (secondary N) is 2. The largest absolute Gasteiger partial charge is 0.510 e. The zero-order chi connectivity index (χ0) is 32.2. The molecule has 0 bridgehead atoms. The third-order valence-corrected chi connectivity index (χ3v) is 8.82. The van der Waals surface area contributed by atoms with Crippen molar-refractivity contribution < 1.29 is 34.8 Å². The van der Waals surface area contributed by atoms with Crippen molar-refractivity contribution in [1.29, 1.82) is 0 Å². The molecule has 2 aromatic rings. The molecule has 0 aliphatic heterocycles. The van der Waals surface area contributed by atoms with E-state index in [2.05, 4.69) is 17.2 Å². The molecule has 12 nitrogen and oxygen atoms in total. The van der Waals surface area contributed by atoms with Crippen LogP contribution in [0.15, 0.2) is 71.5 Å². The van der Waals surface area contributed by atoms with Gasteiger partial charge in [-0.3, -0.25) is 19.3 Å². The van der Waals surface area contributed by atoms with Crippen LogP contribution in [-0.4, -0.2) is 82.6 Å². The maximum atomic E-state index is 14.2. The van der Waals surface area contributed by atoms with Crippen LogP contribution in [0.3, 0.4) is 0 Å². The molecule has 232 valence electrons.